The number of aryl methyl sites for hydroxylation is 1. The fourth-order valence-corrected chi connectivity index (χ4v) is 1.98. The summed E-state index contributed by atoms with van der Waals surface area (Å²) in [5.41, 5.74) is 7.55. The lowest BCUT2D eigenvalue weighted by atomic mass is 10.1. The quantitative estimate of drug-likeness (QED) is 0.920. The van der Waals surface area contributed by atoms with Crippen LogP contribution in [-0.4, -0.2) is 16.9 Å². The predicted molar refractivity (Wildman–Crippen MR) is 67.3 cm³/mol. The zero-order valence-corrected chi connectivity index (χ0v) is 10.7. The van der Waals surface area contributed by atoms with E-state index in [-0.39, 0.29) is 0 Å². The molecular formula is C11H12BrN3O. The fraction of sp³-hybridized carbons (Fsp3) is 0.182. The van der Waals surface area contributed by atoms with Crippen molar-refractivity contribution in [3.63, 3.8) is 0 Å². The van der Waals surface area contributed by atoms with E-state index in [0.717, 1.165) is 21.5 Å². The van der Waals surface area contributed by atoms with Gasteiger partial charge in [0.15, 0.2) is 0 Å². The van der Waals surface area contributed by atoms with E-state index in [1.54, 1.807) is 11.8 Å². The molecule has 0 atom stereocenters. The normalized spacial score (nSPS) is 10.4. The molecule has 1 heterocycles. The smallest absolute Gasteiger partial charge is 0.146 e. The minimum absolute atomic E-state index is 0.500. The third kappa shape index (κ3) is 1.90. The largest absolute Gasteiger partial charge is 0.496 e. The molecule has 0 amide bonds. The molecule has 0 spiro atoms. The fourth-order valence-electron chi connectivity index (χ4n) is 1.62. The average molecular weight is 282 g/mol. The zero-order valence-electron chi connectivity index (χ0n) is 9.07. The Morgan fingerprint density at radius 1 is 1.38 bits per heavy atom. The van der Waals surface area contributed by atoms with Gasteiger partial charge < -0.3 is 10.5 Å². The van der Waals surface area contributed by atoms with Crippen molar-refractivity contribution in [2.24, 2.45) is 7.05 Å². The van der Waals surface area contributed by atoms with Crippen molar-refractivity contribution in [1.29, 1.82) is 0 Å². The number of halogens is 1. The lowest BCUT2D eigenvalue weighted by Crippen LogP contribution is -1.96. The summed E-state index contributed by atoms with van der Waals surface area (Å²) in [4.78, 5) is 0. The van der Waals surface area contributed by atoms with Crippen molar-refractivity contribution in [3.8, 4) is 17.0 Å². The van der Waals surface area contributed by atoms with Crippen LogP contribution in [0.5, 0.6) is 5.75 Å². The van der Waals surface area contributed by atoms with Gasteiger partial charge in [0, 0.05) is 23.2 Å². The summed E-state index contributed by atoms with van der Waals surface area (Å²) in [6.07, 6.45) is 0. The molecule has 2 rings (SSSR count). The van der Waals surface area contributed by atoms with Crippen LogP contribution >= 0.6 is 15.9 Å². The van der Waals surface area contributed by atoms with E-state index < -0.39 is 0 Å². The molecule has 0 aliphatic rings. The van der Waals surface area contributed by atoms with E-state index >= 15 is 0 Å². The molecule has 16 heavy (non-hydrogen) atoms. The molecule has 84 valence electrons. The number of nitrogens with zero attached hydrogens (tertiary/aromatic N) is 2. The number of nitrogens with two attached hydrogens (primary N) is 1. The minimum atomic E-state index is 0.500. The number of hydrogen-bond donors (Lipinski definition) is 1. The van der Waals surface area contributed by atoms with Crippen LogP contribution in [0, 0.1) is 0 Å². The first kappa shape index (κ1) is 11.0. The van der Waals surface area contributed by atoms with E-state index in [4.69, 9.17) is 10.5 Å². The van der Waals surface area contributed by atoms with Gasteiger partial charge in [0.1, 0.15) is 11.6 Å². The Balaban J connectivity index is 2.62. The minimum Gasteiger partial charge on any atom is -0.496 e. The molecule has 0 saturated heterocycles. The number of hydrogen-bond acceptors (Lipinski definition) is 3. The van der Waals surface area contributed by atoms with Crippen LogP contribution < -0.4 is 10.5 Å². The molecule has 0 saturated carbocycles. The Morgan fingerprint density at radius 3 is 2.69 bits per heavy atom. The van der Waals surface area contributed by atoms with Crippen LogP contribution in [0.25, 0.3) is 11.3 Å². The van der Waals surface area contributed by atoms with Gasteiger partial charge in [-0.05, 0) is 18.2 Å². The highest BCUT2D eigenvalue weighted by Gasteiger charge is 2.11. The molecule has 0 radical (unpaired) electrons. The molecule has 0 aliphatic heterocycles. The summed E-state index contributed by atoms with van der Waals surface area (Å²) < 4.78 is 8.04. The first-order chi connectivity index (χ1) is 7.61. The molecule has 0 unspecified atom stereocenters. The molecular weight excluding hydrogens is 270 g/mol. The summed E-state index contributed by atoms with van der Waals surface area (Å²) in [6, 6.07) is 7.64. The van der Waals surface area contributed by atoms with Crippen LogP contribution in [0.2, 0.25) is 0 Å². The van der Waals surface area contributed by atoms with E-state index in [1.807, 2.05) is 31.3 Å². The highest BCUT2D eigenvalue weighted by Crippen LogP contribution is 2.32. The van der Waals surface area contributed by atoms with Gasteiger partial charge in [-0.2, -0.15) is 5.10 Å². The highest BCUT2D eigenvalue weighted by molar-refractivity contribution is 9.10. The number of aromatic nitrogens is 2. The summed E-state index contributed by atoms with van der Waals surface area (Å²) >= 11 is 3.44. The van der Waals surface area contributed by atoms with Crippen molar-refractivity contribution in [3.05, 3.63) is 28.7 Å². The molecule has 0 fully saturated rings. The van der Waals surface area contributed by atoms with Crippen molar-refractivity contribution in [1.82, 2.24) is 9.78 Å². The maximum absolute atomic E-state index is 5.66. The molecule has 1 aromatic carbocycles. The maximum Gasteiger partial charge on any atom is 0.146 e. The molecule has 2 aromatic rings. The van der Waals surface area contributed by atoms with Gasteiger partial charge in [-0.1, -0.05) is 15.9 Å². The summed E-state index contributed by atoms with van der Waals surface area (Å²) in [7, 11) is 3.50. The molecule has 2 N–H and O–H groups in total. The van der Waals surface area contributed by atoms with Gasteiger partial charge >= 0.3 is 0 Å². The zero-order chi connectivity index (χ0) is 11.7. The average Bonchev–Trinajstić information content (AvgIpc) is 2.57. The van der Waals surface area contributed by atoms with Gasteiger partial charge in [-0.15, -0.1) is 0 Å². The molecule has 1 aromatic heterocycles. The van der Waals surface area contributed by atoms with Crippen LogP contribution in [-0.2, 0) is 7.05 Å². The Kier molecular flexibility index (Phi) is 2.87. The maximum atomic E-state index is 5.66. The van der Waals surface area contributed by atoms with Crippen molar-refractivity contribution in [2.75, 3.05) is 12.8 Å². The van der Waals surface area contributed by atoms with Gasteiger partial charge in [-0.25, -0.2) is 0 Å². The molecule has 4 nitrogen and oxygen atoms in total. The monoisotopic (exact) mass is 281 g/mol. The number of rotatable bonds is 2. The van der Waals surface area contributed by atoms with E-state index in [0.29, 0.717) is 5.82 Å². The second-order valence-corrected chi connectivity index (χ2v) is 4.34. The van der Waals surface area contributed by atoms with E-state index in [2.05, 4.69) is 21.0 Å². The number of ether oxygens (including phenoxy) is 1. The van der Waals surface area contributed by atoms with Gasteiger partial charge in [0.2, 0.25) is 0 Å². The number of benzene rings is 1. The van der Waals surface area contributed by atoms with Gasteiger partial charge in [-0.3, -0.25) is 4.68 Å². The van der Waals surface area contributed by atoms with E-state index in [1.165, 1.54) is 0 Å². The van der Waals surface area contributed by atoms with Crippen LogP contribution in [0.1, 0.15) is 0 Å². The third-order valence-electron chi connectivity index (χ3n) is 2.34. The summed E-state index contributed by atoms with van der Waals surface area (Å²) in [5, 5.41) is 4.12. The van der Waals surface area contributed by atoms with Crippen LogP contribution in [0.4, 0.5) is 5.82 Å². The highest BCUT2D eigenvalue weighted by atomic mass is 79.9. The Bertz CT molecular complexity index is 522. The van der Waals surface area contributed by atoms with Crippen LogP contribution in [0.3, 0.4) is 0 Å². The topological polar surface area (TPSA) is 53.1 Å². The summed E-state index contributed by atoms with van der Waals surface area (Å²) in [5.74, 6) is 1.30. The first-order valence-corrected chi connectivity index (χ1v) is 5.54. The molecule has 0 bridgehead atoms. The molecule has 0 aliphatic carbocycles. The van der Waals surface area contributed by atoms with Crippen molar-refractivity contribution >= 4 is 21.7 Å². The lowest BCUT2D eigenvalue weighted by Gasteiger charge is -2.08. The van der Waals surface area contributed by atoms with Crippen molar-refractivity contribution < 1.29 is 4.74 Å². The second-order valence-electron chi connectivity index (χ2n) is 3.42. The van der Waals surface area contributed by atoms with Gasteiger partial charge in [0.25, 0.3) is 0 Å². The molecule has 5 heteroatoms. The second kappa shape index (κ2) is 4.17. The SMILES string of the molecule is COc1ccc(Br)cc1-c1cc(N)nn1C. The Morgan fingerprint density at radius 2 is 2.12 bits per heavy atom. The third-order valence-corrected chi connectivity index (χ3v) is 2.83. The van der Waals surface area contributed by atoms with Crippen LogP contribution in [0.15, 0.2) is 28.7 Å². The number of methoxy groups -OCH3 is 1. The Hall–Kier alpha value is -1.49. The number of nitrogen functional groups attached to an aromatic ring is 1. The van der Waals surface area contributed by atoms with Crippen molar-refractivity contribution in [2.45, 2.75) is 0 Å². The summed E-state index contributed by atoms with van der Waals surface area (Å²) in [6.45, 7) is 0. The Labute approximate surface area is 102 Å². The lowest BCUT2D eigenvalue weighted by molar-refractivity contribution is 0.416. The first-order valence-electron chi connectivity index (χ1n) is 4.75. The van der Waals surface area contributed by atoms with Gasteiger partial charge in [0.05, 0.1) is 12.8 Å². The van der Waals surface area contributed by atoms with E-state index in [9.17, 15) is 0 Å². The standard InChI is InChI=1S/C11H12BrN3O/c1-15-9(6-11(13)14-15)8-5-7(12)3-4-10(8)16-2/h3-6H,1-2H3,(H2,13,14). The number of anilines is 1. The predicted octanol–water partition coefficient (Wildman–Crippen LogP) is 2.44.